The topological polar surface area (TPSA) is 65.4 Å². The van der Waals surface area contributed by atoms with E-state index in [-0.39, 0.29) is 18.8 Å². The fourth-order valence-corrected chi connectivity index (χ4v) is 5.11. The van der Waals surface area contributed by atoms with Crippen molar-refractivity contribution in [1.29, 1.82) is 0 Å². The van der Waals surface area contributed by atoms with Crippen molar-refractivity contribution >= 4 is 23.2 Å². The highest BCUT2D eigenvalue weighted by atomic mass is 35.5. The molecule has 0 unspecified atom stereocenters. The summed E-state index contributed by atoms with van der Waals surface area (Å²) in [5.74, 6) is 0. The van der Waals surface area contributed by atoms with Crippen LogP contribution >= 0.6 is 23.2 Å². The lowest BCUT2D eigenvalue weighted by Crippen LogP contribution is -2.54. The molecule has 4 rings (SSSR count). The van der Waals surface area contributed by atoms with Crippen LogP contribution in [0.4, 0.5) is 0 Å². The third-order valence-corrected chi connectivity index (χ3v) is 6.61. The van der Waals surface area contributed by atoms with Gasteiger partial charge in [-0.2, -0.15) is 0 Å². The Bertz CT molecular complexity index is 833. The Balaban J connectivity index is 1.56. The summed E-state index contributed by atoms with van der Waals surface area (Å²) >= 11 is 12.4. The summed E-state index contributed by atoms with van der Waals surface area (Å²) in [6.45, 7) is 4.47. The predicted octanol–water partition coefficient (Wildman–Crippen LogP) is 2.82. The molecule has 0 amide bonds. The highest BCUT2D eigenvalue weighted by Gasteiger charge is 2.46. The summed E-state index contributed by atoms with van der Waals surface area (Å²) < 4.78 is 11.7. The van der Waals surface area contributed by atoms with Gasteiger partial charge in [0.15, 0.2) is 0 Å². The highest BCUT2D eigenvalue weighted by Crippen LogP contribution is 2.28. The molecule has 2 aromatic rings. The lowest BCUT2D eigenvalue weighted by molar-refractivity contribution is -0.0373. The highest BCUT2D eigenvalue weighted by molar-refractivity contribution is 6.30. The summed E-state index contributed by atoms with van der Waals surface area (Å²) in [5.41, 5.74) is 2.19. The molecule has 0 aromatic heterocycles. The number of hydrogen-bond donors (Lipinski definition) is 2. The predicted molar refractivity (Wildman–Crippen MR) is 125 cm³/mol. The third kappa shape index (κ3) is 6.01. The summed E-state index contributed by atoms with van der Waals surface area (Å²) in [7, 11) is 0. The number of aliphatic hydroxyl groups excluding tert-OH is 2. The van der Waals surface area contributed by atoms with Crippen LogP contribution in [0, 0.1) is 0 Å². The van der Waals surface area contributed by atoms with Gasteiger partial charge in [-0.05, 0) is 35.4 Å². The minimum absolute atomic E-state index is 0.197. The number of morpholine rings is 1. The zero-order valence-corrected chi connectivity index (χ0v) is 19.5. The van der Waals surface area contributed by atoms with E-state index in [0.29, 0.717) is 42.9 Å². The van der Waals surface area contributed by atoms with Gasteiger partial charge in [-0.1, -0.05) is 47.5 Å². The zero-order valence-electron chi connectivity index (χ0n) is 17.9. The van der Waals surface area contributed by atoms with Crippen LogP contribution in [0.1, 0.15) is 11.1 Å². The number of ether oxygens (including phenoxy) is 2. The summed E-state index contributed by atoms with van der Waals surface area (Å²) in [4.78, 5) is 4.51. The fraction of sp³-hybridized carbons (Fsp3) is 0.500. The molecule has 2 fully saturated rings. The van der Waals surface area contributed by atoms with Crippen LogP contribution < -0.4 is 0 Å². The van der Waals surface area contributed by atoms with Crippen LogP contribution in [-0.2, 0) is 22.6 Å². The Hall–Kier alpha value is -1.22. The van der Waals surface area contributed by atoms with Gasteiger partial charge in [0.1, 0.15) is 12.2 Å². The van der Waals surface area contributed by atoms with Gasteiger partial charge in [-0.15, -0.1) is 0 Å². The van der Waals surface area contributed by atoms with Crippen LogP contribution in [0.2, 0.25) is 10.0 Å². The van der Waals surface area contributed by atoms with E-state index in [4.69, 9.17) is 32.7 Å². The van der Waals surface area contributed by atoms with Crippen molar-refractivity contribution in [1.82, 2.24) is 9.80 Å². The second kappa shape index (κ2) is 11.3. The summed E-state index contributed by atoms with van der Waals surface area (Å²) in [5, 5.41) is 22.1. The van der Waals surface area contributed by atoms with Crippen molar-refractivity contribution in [2.24, 2.45) is 0 Å². The molecule has 32 heavy (non-hydrogen) atoms. The number of halogens is 2. The Labute approximate surface area is 199 Å². The minimum atomic E-state index is -0.748. The van der Waals surface area contributed by atoms with Crippen LogP contribution in [0.5, 0.6) is 0 Å². The van der Waals surface area contributed by atoms with E-state index in [1.165, 1.54) is 0 Å². The number of rotatable bonds is 8. The fourth-order valence-electron chi connectivity index (χ4n) is 4.68. The van der Waals surface area contributed by atoms with Crippen LogP contribution in [0.25, 0.3) is 0 Å². The van der Waals surface area contributed by atoms with Gasteiger partial charge in [0, 0.05) is 42.8 Å². The van der Waals surface area contributed by atoms with Crippen molar-refractivity contribution in [3.8, 4) is 0 Å². The molecule has 0 radical (unpaired) electrons. The zero-order chi connectivity index (χ0) is 22.5. The van der Waals surface area contributed by atoms with Crippen LogP contribution in [0.15, 0.2) is 48.5 Å². The third-order valence-electron chi connectivity index (χ3n) is 6.14. The van der Waals surface area contributed by atoms with Crippen molar-refractivity contribution in [2.45, 2.75) is 37.4 Å². The average Bonchev–Trinajstić information content (AvgIpc) is 3.09. The van der Waals surface area contributed by atoms with Gasteiger partial charge < -0.3 is 19.7 Å². The van der Waals surface area contributed by atoms with Crippen LogP contribution in [0.3, 0.4) is 0 Å². The molecule has 0 bridgehead atoms. The van der Waals surface area contributed by atoms with E-state index in [9.17, 15) is 10.2 Å². The molecular formula is C24H30Cl2N2O4. The molecular weight excluding hydrogens is 451 g/mol. The first-order chi connectivity index (χ1) is 15.5. The van der Waals surface area contributed by atoms with E-state index in [1.54, 1.807) is 0 Å². The first kappa shape index (κ1) is 23.9. The standard InChI is InChI=1S/C24H30Cl2N2O4/c25-19-5-1-3-17(11-19)13-27(14-18-4-2-6-20(26)12-18)15-21-23(24(30)22(16-29)32-21)28-7-9-31-10-8-28/h1-6,11-12,21-24,29-30H,7-10,13-16H2/t21-,22-,23+,24+/m0/s1. The Morgan fingerprint density at radius 1 is 0.938 bits per heavy atom. The van der Waals surface area contributed by atoms with E-state index < -0.39 is 12.2 Å². The maximum atomic E-state index is 10.9. The molecule has 0 aliphatic carbocycles. The SMILES string of the molecule is OC[C@@H]1O[C@@H](CN(Cc2cccc(Cl)c2)Cc2cccc(Cl)c2)[C@@H](N2CCOCC2)[C@@H]1O. The normalized spacial score (nSPS) is 26.7. The quantitative estimate of drug-likeness (QED) is 0.605. The van der Waals surface area contributed by atoms with Gasteiger partial charge in [0.05, 0.1) is 32.0 Å². The number of benzene rings is 2. The van der Waals surface area contributed by atoms with Gasteiger partial charge in [-0.25, -0.2) is 0 Å². The second-order valence-electron chi connectivity index (χ2n) is 8.45. The molecule has 4 atom stereocenters. The maximum absolute atomic E-state index is 10.9. The van der Waals surface area contributed by atoms with Crippen molar-refractivity contribution in [3.05, 3.63) is 69.7 Å². The Morgan fingerprint density at radius 2 is 1.53 bits per heavy atom. The molecule has 174 valence electrons. The first-order valence-electron chi connectivity index (χ1n) is 11.0. The average molecular weight is 481 g/mol. The largest absolute Gasteiger partial charge is 0.394 e. The molecule has 2 saturated heterocycles. The van der Waals surface area contributed by atoms with Crippen molar-refractivity contribution in [2.75, 3.05) is 39.5 Å². The Morgan fingerprint density at radius 3 is 2.06 bits per heavy atom. The summed E-state index contributed by atoms with van der Waals surface area (Å²) in [6.07, 6.45) is -1.59. The smallest absolute Gasteiger partial charge is 0.109 e. The summed E-state index contributed by atoms with van der Waals surface area (Å²) in [6, 6.07) is 15.5. The van der Waals surface area contributed by atoms with Crippen LogP contribution in [-0.4, -0.2) is 83.8 Å². The van der Waals surface area contributed by atoms with Crippen molar-refractivity contribution in [3.63, 3.8) is 0 Å². The Kier molecular flexibility index (Phi) is 8.43. The van der Waals surface area contributed by atoms with Gasteiger partial charge in [0.25, 0.3) is 0 Å². The molecule has 8 heteroatoms. The molecule has 2 heterocycles. The second-order valence-corrected chi connectivity index (χ2v) is 9.33. The number of aliphatic hydroxyl groups is 2. The number of hydrogen-bond acceptors (Lipinski definition) is 6. The van der Waals surface area contributed by atoms with E-state index in [0.717, 1.165) is 24.2 Å². The van der Waals surface area contributed by atoms with Gasteiger partial charge >= 0.3 is 0 Å². The maximum Gasteiger partial charge on any atom is 0.109 e. The number of nitrogens with zero attached hydrogens (tertiary/aromatic N) is 2. The van der Waals surface area contributed by atoms with Gasteiger partial charge in [0.2, 0.25) is 0 Å². The molecule has 2 aliphatic rings. The molecule has 2 aromatic carbocycles. The minimum Gasteiger partial charge on any atom is -0.394 e. The molecule has 0 spiro atoms. The van der Waals surface area contributed by atoms with E-state index in [2.05, 4.69) is 21.9 Å². The first-order valence-corrected chi connectivity index (χ1v) is 11.8. The lowest BCUT2D eigenvalue weighted by atomic mass is 10.0. The molecule has 2 N–H and O–H groups in total. The molecule has 2 aliphatic heterocycles. The van der Waals surface area contributed by atoms with Gasteiger partial charge in [-0.3, -0.25) is 9.80 Å². The molecule has 0 saturated carbocycles. The lowest BCUT2D eigenvalue weighted by Gasteiger charge is -2.37. The monoisotopic (exact) mass is 480 g/mol. The molecule has 6 nitrogen and oxygen atoms in total. The van der Waals surface area contributed by atoms with Crippen molar-refractivity contribution < 1.29 is 19.7 Å². The van der Waals surface area contributed by atoms with E-state index >= 15 is 0 Å². The van der Waals surface area contributed by atoms with E-state index in [1.807, 2.05) is 36.4 Å².